The minimum Gasteiger partial charge on any atom is -0.385 e. The van der Waals surface area contributed by atoms with Crippen molar-refractivity contribution in [3.05, 3.63) is 28.5 Å². The molecule has 9 heteroatoms. The van der Waals surface area contributed by atoms with Gasteiger partial charge in [-0.3, -0.25) is 4.79 Å². The summed E-state index contributed by atoms with van der Waals surface area (Å²) in [5.74, 6) is -2.00. The van der Waals surface area contributed by atoms with Gasteiger partial charge in [0.25, 0.3) is 15.0 Å². The first-order chi connectivity index (χ1) is 9.27. The van der Waals surface area contributed by atoms with Crippen LogP contribution >= 0.6 is 22.3 Å². The molecule has 0 heterocycles. The van der Waals surface area contributed by atoms with E-state index in [2.05, 4.69) is 5.32 Å². The molecule has 0 saturated carbocycles. The van der Waals surface area contributed by atoms with Crippen molar-refractivity contribution in [1.82, 2.24) is 5.32 Å². The number of benzene rings is 1. The van der Waals surface area contributed by atoms with Gasteiger partial charge in [0, 0.05) is 36.0 Å². The Kier molecular flexibility index (Phi) is 6.19. The number of halogens is 3. The van der Waals surface area contributed by atoms with Crippen LogP contribution < -0.4 is 5.32 Å². The lowest BCUT2D eigenvalue weighted by Crippen LogP contribution is -2.26. The van der Waals surface area contributed by atoms with Crippen LogP contribution in [0.5, 0.6) is 0 Å². The van der Waals surface area contributed by atoms with Gasteiger partial charge in [0.05, 0.1) is 5.56 Å². The zero-order chi connectivity index (χ0) is 15.3. The van der Waals surface area contributed by atoms with E-state index in [1.165, 1.54) is 7.11 Å². The Morgan fingerprint density at radius 2 is 2.10 bits per heavy atom. The quantitative estimate of drug-likeness (QED) is 0.634. The third kappa shape index (κ3) is 4.59. The van der Waals surface area contributed by atoms with Crippen LogP contribution in [0.15, 0.2) is 17.0 Å². The zero-order valence-corrected chi connectivity index (χ0v) is 12.8. The smallest absolute Gasteiger partial charge is 0.264 e. The Balaban J connectivity index is 3.01. The molecule has 0 saturated heterocycles. The summed E-state index contributed by atoms with van der Waals surface area (Å²) < 4.78 is 41.2. The Morgan fingerprint density at radius 1 is 1.45 bits per heavy atom. The van der Waals surface area contributed by atoms with Gasteiger partial charge in [0.15, 0.2) is 5.82 Å². The molecule has 0 atom stereocenters. The lowest BCUT2D eigenvalue weighted by atomic mass is 10.2. The molecule has 1 aromatic rings. The summed E-state index contributed by atoms with van der Waals surface area (Å²) >= 11 is 5.67. The lowest BCUT2D eigenvalue weighted by Gasteiger charge is -2.08. The van der Waals surface area contributed by atoms with Gasteiger partial charge in [-0.2, -0.15) is 0 Å². The summed E-state index contributed by atoms with van der Waals surface area (Å²) in [6.45, 7) is 0.682. The van der Waals surface area contributed by atoms with Crippen molar-refractivity contribution in [2.75, 3.05) is 20.3 Å². The normalized spacial score (nSPS) is 11.4. The molecule has 112 valence electrons. The molecule has 5 nitrogen and oxygen atoms in total. The molecule has 20 heavy (non-hydrogen) atoms. The third-order valence-electron chi connectivity index (χ3n) is 2.32. The van der Waals surface area contributed by atoms with Crippen LogP contribution in [0.4, 0.5) is 4.39 Å². The summed E-state index contributed by atoms with van der Waals surface area (Å²) in [6, 6.07) is 1.88. The second-order valence-corrected chi connectivity index (χ2v) is 6.78. The number of carbonyl (C=O) groups excluding carboxylic acids is 1. The van der Waals surface area contributed by atoms with E-state index in [0.29, 0.717) is 13.0 Å². The van der Waals surface area contributed by atoms with Gasteiger partial charge in [-0.15, -0.1) is 0 Å². The Bertz CT molecular complexity index is 607. The number of methoxy groups -OCH3 is 1. The predicted octanol–water partition coefficient (Wildman–Crippen LogP) is 2.17. The molecule has 0 radical (unpaired) electrons. The molecule has 0 unspecified atom stereocenters. The SMILES string of the molecule is COCCCNC(=O)c1cc(Cl)cc(S(=O)(=O)Cl)c1F. The van der Waals surface area contributed by atoms with E-state index in [1.807, 2.05) is 0 Å². The van der Waals surface area contributed by atoms with Gasteiger partial charge in [-0.05, 0) is 18.6 Å². The molecule has 0 aromatic heterocycles. The van der Waals surface area contributed by atoms with E-state index in [9.17, 15) is 17.6 Å². The monoisotopic (exact) mass is 343 g/mol. The first-order valence-electron chi connectivity index (χ1n) is 5.48. The second-order valence-electron chi connectivity index (χ2n) is 3.81. The Labute approximate surface area is 125 Å². The van der Waals surface area contributed by atoms with Crippen molar-refractivity contribution in [2.24, 2.45) is 0 Å². The lowest BCUT2D eigenvalue weighted by molar-refractivity contribution is 0.0944. The van der Waals surface area contributed by atoms with Gasteiger partial charge >= 0.3 is 0 Å². The number of carbonyl (C=O) groups is 1. The Hall–Kier alpha value is -0.890. The van der Waals surface area contributed by atoms with E-state index < -0.39 is 31.2 Å². The summed E-state index contributed by atoms with van der Waals surface area (Å²) in [5, 5.41) is 2.32. The fourth-order valence-corrected chi connectivity index (χ4v) is 2.63. The molecule has 0 bridgehead atoms. The molecule has 0 fully saturated rings. The van der Waals surface area contributed by atoms with Gasteiger partial charge in [-0.1, -0.05) is 11.6 Å². The van der Waals surface area contributed by atoms with Gasteiger partial charge in [-0.25, -0.2) is 12.8 Å². The summed E-state index contributed by atoms with van der Waals surface area (Å²) in [7, 11) is 2.27. The number of amides is 1. The highest BCUT2D eigenvalue weighted by Gasteiger charge is 2.23. The van der Waals surface area contributed by atoms with E-state index in [-0.39, 0.29) is 11.6 Å². The van der Waals surface area contributed by atoms with Crippen molar-refractivity contribution in [3.63, 3.8) is 0 Å². The first-order valence-corrected chi connectivity index (χ1v) is 8.17. The van der Waals surface area contributed by atoms with E-state index >= 15 is 0 Å². The fourth-order valence-electron chi connectivity index (χ4n) is 1.42. The molecule has 0 aliphatic carbocycles. The van der Waals surface area contributed by atoms with Crippen LogP contribution in [0.25, 0.3) is 0 Å². The van der Waals surface area contributed by atoms with Crippen LogP contribution in [0.2, 0.25) is 5.02 Å². The summed E-state index contributed by atoms with van der Waals surface area (Å²) in [4.78, 5) is 10.9. The fraction of sp³-hybridized carbons (Fsp3) is 0.364. The van der Waals surface area contributed by atoms with Gasteiger partial charge < -0.3 is 10.1 Å². The molecule has 1 amide bonds. The second kappa shape index (κ2) is 7.21. The van der Waals surface area contributed by atoms with Crippen LogP contribution in [-0.2, 0) is 13.8 Å². The van der Waals surface area contributed by atoms with Crippen molar-refractivity contribution >= 4 is 37.2 Å². The molecular weight excluding hydrogens is 332 g/mol. The molecular formula is C11H12Cl2FNO4S. The van der Waals surface area contributed by atoms with Crippen LogP contribution in [0.3, 0.4) is 0 Å². The highest BCUT2D eigenvalue weighted by molar-refractivity contribution is 8.13. The first kappa shape index (κ1) is 17.2. The molecule has 0 aliphatic heterocycles. The largest absolute Gasteiger partial charge is 0.385 e. The van der Waals surface area contributed by atoms with E-state index in [4.69, 9.17) is 27.0 Å². The molecule has 0 aliphatic rings. The zero-order valence-electron chi connectivity index (χ0n) is 10.5. The van der Waals surface area contributed by atoms with E-state index in [1.54, 1.807) is 0 Å². The topological polar surface area (TPSA) is 72.5 Å². The third-order valence-corrected chi connectivity index (χ3v) is 3.86. The highest BCUT2D eigenvalue weighted by atomic mass is 35.7. The summed E-state index contributed by atoms with van der Waals surface area (Å²) in [6.07, 6.45) is 0.533. The minimum absolute atomic E-state index is 0.104. The van der Waals surface area contributed by atoms with Crippen LogP contribution in [0.1, 0.15) is 16.8 Å². The maximum absolute atomic E-state index is 14.0. The molecule has 0 spiro atoms. The van der Waals surface area contributed by atoms with Gasteiger partial charge in [0.2, 0.25) is 0 Å². The number of hydrogen-bond donors (Lipinski definition) is 1. The number of rotatable bonds is 6. The molecule has 1 rings (SSSR count). The predicted molar refractivity (Wildman–Crippen MR) is 73.3 cm³/mol. The van der Waals surface area contributed by atoms with Crippen molar-refractivity contribution in [3.8, 4) is 0 Å². The average molecular weight is 344 g/mol. The van der Waals surface area contributed by atoms with E-state index in [0.717, 1.165) is 12.1 Å². The van der Waals surface area contributed by atoms with Crippen molar-refractivity contribution < 1.29 is 22.3 Å². The number of nitrogens with one attached hydrogen (secondary N) is 1. The minimum atomic E-state index is -4.33. The standard InChI is InChI=1S/C11H12Cl2FNO4S/c1-19-4-2-3-15-11(16)8-5-7(12)6-9(10(8)14)20(13,17)18/h5-6H,2-4H2,1H3,(H,15,16). The van der Waals surface area contributed by atoms with Gasteiger partial charge in [0.1, 0.15) is 4.90 Å². The maximum Gasteiger partial charge on any atom is 0.264 e. The number of ether oxygens (including phenoxy) is 1. The molecule has 1 aromatic carbocycles. The van der Waals surface area contributed by atoms with Crippen molar-refractivity contribution in [1.29, 1.82) is 0 Å². The highest BCUT2D eigenvalue weighted by Crippen LogP contribution is 2.26. The molecule has 1 N–H and O–H groups in total. The average Bonchev–Trinajstić information content (AvgIpc) is 2.35. The maximum atomic E-state index is 14.0. The van der Waals surface area contributed by atoms with Crippen LogP contribution in [-0.4, -0.2) is 34.6 Å². The number of hydrogen-bond acceptors (Lipinski definition) is 4. The Morgan fingerprint density at radius 3 is 2.65 bits per heavy atom. The van der Waals surface area contributed by atoms with Crippen LogP contribution in [0, 0.1) is 5.82 Å². The summed E-state index contributed by atoms with van der Waals surface area (Å²) in [5.41, 5.74) is -0.478. The van der Waals surface area contributed by atoms with Crippen molar-refractivity contribution in [2.45, 2.75) is 11.3 Å².